The number of hydrogen-bond donors (Lipinski definition) is 2. The first kappa shape index (κ1) is 15.6. The van der Waals surface area contributed by atoms with Gasteiger partial charge in [0, 0.05) is 23.7 Å². The SMILES string of the molecule is C=CC(=O)NC1CCCC(c2ncnc3[nH]cc(-c4ccco4)c23)C1. The molecule has 2 N–H and O–H groups in total. The molecule has 0 radical (unpaired) electrons. The van der Waals surface area contributed by atoms with Crippen LogP contribution < -0.4 is 5.32 Å². The number of fused-ring (bicyclic) bond motifs is 1. The second-order valence-corrected chi connectivity index (χ2v) is 6.44. The second-order valence-electron chi connectivity index (χ2n) is 6.44. The quantitative estimate of drug-likeness (QED) is 0.714. The number of furan rings is 1. The summed E-state index contributed by atoms with van der Waals surface area (Å²) in [5, 5.41) is 4.04. The molecule has 0 saturated heterocycles. The molecule has 1 amide bonds. The number of aromatic amines is 1. The van der Waals surface area contributed by atoms with Crippen molar-refractivity contribution in [3.05, 3.63) is 49.3 Å². The minimum absolute atomic E-state index is 0.114. The Kier molecular flexibility index (Phi) is 4.09. The fourth-order valence-corrected chi connectivity index (χ4v) is 3.75. The van der Waals surface area contributed by atoms with E-state index in [0.29, 0.717) is 0 Å². The van der Waals surface area contributed by atoms with Crippen LogP contribution in [0.2, 0.25) is 0 Å². The standard InChI is InChI=1S/C19H20N4O2/c1-2-16(24)23-13-6-3-5-12(9-13)18-17-14(15-7-4-8-25-15)10-20-19(17)22-11-21-18/h2,4,7-8,10-13H,1,3,5-6,9H2,(H,23,24)(H,20,21,22). The van der Waals surface area contributed by atoms with Crippen molar-refractivity contribution in [1.82, 2.24) is 20.3 Å². The summed E-state index contributed by atoms with van der Waals surface area (Å²) in [6.07, 6.45) is 10.5. The number of aromatic nitrogens is 3. The van der Waals surface area contributed by atoms with E-state index in [1.807, 2.05) is 18.3 Å². The van der Waals surface area contributed by atoms with Gasteiger partial charge in [-0.15, -0.1) is 0 Å². The maximum Gasteiger partial charge on any atom is 0.243 e. The lowest BCUT2D eigenvalue weighted by Gasteiger charge is -2.29. The van der Waals surface area contributed by atoms with Gasteiger partial charge in [-0.25, -0.2) is 9.97 Å². The van der Waals surface area contributed by atoms with E-state index in [1.165, 1.54) is 6.08 Å². The van der Waals surface area contributed by atoms with Gasteiger partial charge in [-0.05, 0) is 37.5 Å². The number of rotatable bonds is 4. The van der Waals surface area contributed by atoms with Crippen LogP contribution >= 0.6 is 0 Å². The van der Waals surface area contributed by atoms with E-state index < -0.39 is 0 Å². The number of H-pyrrole nitrogens is 1. The van der Waals surface area contributed by atoms with Crippen molar-refractivity contribution >= 4 is 16.9 Å². The molecule has 6 heteroatoms. The fraction of sp³-hybridized carbons (Fsp3) is 0.316. The molecule has 0 bridgehead atoms. The smallest absolute Gasteiger partial charge is 0.243 e. The molecule has 0 aromatic carbocycles. The summed E-state index contributed by atoms with van der Waals surface area (Å²) in [5.41, 5.74) is 2.82. The average molecular weight is 336 g/mol. The molecule has 1 aliphatic rings. The maximum atomic E-state index is 11.6. The Labute approximate surface area is 145 Å². The highest BCUT2D eigenvalue weighted by atomic mass is 16.3. The van der Waals surface area contributed by atoms with Gasteiger partial charge in [0.1, 0.15) is 17.7 Å². The summed E-state index contributed by atoms with van der Waals surface area (Å²) in [4.78, 5) is 23.8. The highest BCUT2D eigenvalue weighted by molar-refractivity contribution is 5.94. The normalized spacial score (nSPS) is 20.5. The number of nitrogens with one attached hydrogen (secondary N) is 2. The highest BCUT2D eigenvalue weighted by Gasteiger charge is 2.28. The van der Waals surface area contributed by atoms with Crippen molar-refractivity contribution in [3.63, 3.8) is 0 Å². The second kappa shape index (κ2) is 6.55. The Morgan fingerprint density at radius 3 is 3.12 bits per heavy atom. The third-order valence-corrected chi connectivity index (χ3v) is 4.88. The summed E-state index contributed by atoms with van der Waals surface area (Å²) in [6.45, 7) is 3.53. The van der Waals surface area contributed by atoms with E-state index in [2.05, 4.69) is 26.8 Å². The van der Waals surface area contributed by atoms with Gasteiger partial charge in [-0.2, -0.15) is 0 Å². The molecular formula is C19H20N4O2. The van der Waals surface area contributed by atoms with Gasteiger partial charge in [0.25, 0.3) is 0 Å². The Bertz CT molecular complexity index is 897. The summed E-state index contributed by atoms with van der Waals surface area (Å²) in [7, 11) is 0. The lowest BCUT2D eigenvalue weighted by atomic mass is 9.82. The molecule has 1 fully saturated rings. The largest absolute Gasteiger partial charge is 0.464 e. The van der Waals surface area contributed by atoms with Gasteiger partial charge in [0.2, 0.25) is 5.91 Å². The zero-order valence-electron chi connectivity index (χ0n) is 13.9. The Balaban J connectivity index is 1.70. The molecule has 128 valence electrons. The van der Waals surface area contributed by atoms with E-state index in [1.54, 1.807) is 12.6 Å². The van der Waals surface area contributed by atoms with Gasteiger partial charge >= 0.3 is 0 Å². The zero-order valence-corrected chi connectivity index (χ0v) is 13.9. The maximum absolute atomic E-state index is 11.6. The van der Waals surface area contributed by atoms with Crippen molar-refractivity contribution in [2.45, 2.75) is 37.6 Å². The molecule has 0 aliphatic heterocycles. The Hall–Kier alpha value is -2.89. The van der Waals surface area contributed by atoms with Crippen LogP contribution in [0.4, 0.5) is 0 Å². The third kappa shape index (κ3) is 2.95. The van der Waals surface area contributed by atoms with Crippen LogP contribution in [0.5, 0.6) is 0 Å². The fourth-order valence-electron chi connectivity index (χ4n) is 3.75. The molecule has 3 aromatic rings. The Morgan fingerprint density at radius 2 is 2.32 bits per heavy atom. The third-order valence-electron chi connectivity index (χ3n) is 4.88. The molecule has 2 unspecified atom stereocenters. The first-order valence-electron chi connectivity index (χ1n) is 8.55. The van der Waals surface area contributed by atoms with Crippen LogP contribution in [0.15, 0.2) is 48.0 Å². The number of hydrogen-bond acceptors (Lipinski definition) is 4. The molecular weight excluding hydrogens is 316 g/mol. The van der Waals surface area contributed by atoms with Crippen molar-refractivity contribution < 1.29 is 9.21 Å². The van der Waals surface area contributed by atoms with Crippen molar-refractivity contribution in [1.29, 1.82) is 0 Å². The molecule has 1 saturated carbocycles. The summed E-state index contributed by atoms with van der Waals surface area (Å²) in [6, 6.07) is 3.96. The molecule has 1 aliphatic carbocycles. The number of carbonyl (C=O) groups is 1. The lowest BCUT2D eigenvalue weighted by Crippen LogP contribution is -2.37. The Morgan fingerprint density at radius 1 is 1.40 bits per heavy atom. The molecule has 2 atom stereocenters. The van der Waals surface area contributed by atoms with Crippen LogP contribution in [0.3, 0.4) is 0 Å². The van der Waals surface area contributed by atoms with Crippen LogP contribution in [0.25, 0.3) is 22.4 Å². The predicted molar refractivity (Wildman–Crippen MR) is 94.9 cm³/mol. The summed E-state index contributed by atoms with van der Waals surface area (Å²) < 4.78 is 5.57. The molecule has 3 heterocycles. The summed E-state index contributed by atoms with van der Waals surface area (Å²) >= 11 is 0. The van der Waals surface area contributed by atoms with Crippen molar-refractivity contribution in [2.75, 3.05) is 0 Å². The monoisotopic (exact) mass is 336 g/mol. The first-order chi connectivity index (χ1) is 12.3. The predicted octanol–water partition coefficient (Wildman–Crippen LogP) is 3.55. The summed E-state index contributed by atoms with van der Waals surface area (Å²) in [5.74, 6) is 0.963. The minimum Gasteiger partial charge on any atom is -0.464 e. The number of carbonyl (C=O) groups excluding carboxylic acids is 1. The van der Waals surface area contributed by atoms with Gasteiger partial charge in [0.05, 0.1) is 17.3 Å². The molecule has 4 rings (SSSR count). The van der Waals surface area contributed by atoms with Crippen molar-refractivity contribution in [3.8, 4) is 11.3 Å². The average Bonchev–Trinajstić information content (AvgIpc) is 3.30. The van der Waals surface area contributed by atoms with Crippen LogP contribution in [0.1, 0.15) is 37.3 Å². The number of nitrogens with zero attached hydrogens (tertiary/aromatic N) is 2. The van der Waals surface area contributed by atoms with Gasteiger partial charge in [-0.1, -0.05) is 13.0 Å². The minimum atomic E-state index is -0.114. The molecule has 6 nitrogen and oxygen atoms in total. The van der Waals surface area contributed by atoms with Crippen LogP contribution in [0, 0.1) is 0 Å². The van der Waals surface area contributed by atoms with Crippen LogP contribution in [-0.4, -0.2) is 26.9 Å². The topological polar surface area (TPSA) is 83.8 Å². The highest BCUT2D eigenvalue weighted by Crippen LogP contribution is 2.38. The van der Waals surface area contributed by atoms with Gasteiger partial charge < -0.3 is 14.7 Å². The zero-order chi connectivity index (χ0) is 17.2. The van der Waals surface area contributed by atoms with E-state index in [9.17, 15) is 4.79 Å². The van der Waals surface area contributed by atoms with Crippen molar-refractivity contribution in [2.24, 2.45) is 0 Å². The molecule has 25 heavy (non-hydrogen) atoms. The molecule has 3 aromatic heterocycles. The van der Waals surface area contributed by atoms with E-state index in [-0.39, 0.29) is 17.9 Å². The van der Waals surface area contributed by atoms with E-state index in [4.69, 9.17) is 4.42 Å². The van der Waals surface area contributed by atoms with Gasteiger partial charge in [0.15, 0.2) is 0 Å². The van der Waals surface area contributed by atoms with Crippen LogP contribution in [-0.2, 0) is 4.79 Å². The van der Waals surface area contributed by atoms with Gasteiger partial charge in [-0.3, -0.25) is 4.79 Å². The molecule has 0 spiro atoms. The van der Waals surface area contributed by atoms with E-state index >= 15 is 0 Å². The number of amides is 1. The first-order valence-corrected chi connectivity index (χ1v) is 8.55. The van der Waals surface area contributed by atoms with E-state index in [0.717, 1.165) is 53.7 Å². The lowest BCUT2D eigenvalue weighted by molar-refractivity contribution is -0.117.